The normalized spacial score (nSPS) is 11.6. The molecule has 0 spiro atoms. The lowest BCUT2D eigenvalue weighted by molar-refractivity contribution is -0.384. The molecule has 0 fully saturated rings. The van der Waals surface area contributed by atoms with E-state index in [4.69, 9.17) is 4.74 Å². The fraction of sp³-hybridized carbons (Fsp3) is 0.188. The minimum absolute atomic E-state index is 0.117. The molecule has 1 unspecified atom stereocenters. The second kappa shape index (κ2) is 6.87. The third-order valence-electron chi connectivity index (χ3n) is 3.34. The Labute approximate surface area is 132 Å². The molecule has 2 rings (SSSR count). The van der Waals surface area contributed by atoms with Crippen molar-refractivity contribution in [2.75, 3.05) is 7.11 Å². The van der Waals surface area contributed by atoms with Gasteiger partial charge in [-0.3, -0.25) is 14.9 Å². The zero-order valence-corrected chi connectivity index (χ0v) is 12.6. The summed E-state index contributed by atoms with van der Waals surface area (Å²) < 4.78 is 18.5. The maximum absolute atomic E-state index is 13.7. The van der Waals surface area contributed by atoms with Crippen LogP contribution in [0, 0.1) is 15.9 Å². The van der Waals surface area contributed by atoms with Crippen LogP contribution < -0.4 is 10.1 Å². The zero-order chi connectivity index (χ0) is 17.0. The molecule has 0 bridgehead atoms. The fourth-order valence-corrected chi connectivity index (χ4v) is 2.08. The van der Waals surface area contributed by atoms with E-state index in [0.717, 1.165) is 0 Å². The van der Waals surface area contributed by atoms with Crippen LogP contribution in [-0.4, -0.2) is 17.9 Å². The molecule has 1 N–H and O–H groups in total. The SMILES string of the molecule is COc1ccc(C(C)NC(=O)c2cccc([N+](=O)[O-])c2)cc1F. The first-order valence-corrected chi connectivity index (χ1v) is 6.81. The second-order valence-corrected chi connectivity index (χ2v) is 4.90. The number of hydrogen-bond acceptors (Lipinski definition) is 4. The van der Waals surface area contributed by atoms with E-state index in [2.05, 4.69) is 5.32 Å². The van der Waals surface area contributed by atoms with Crippen molar-refractivity contribution in [3.05, 3.63) is 69.5 Å². The number of nitro benzene ring substituents is 1. The van der Waals surface area contributed by atoms with Gasteiger partial charge in [0.15, 0.2) is 11.6 Å². The number of nitrogens with one attached hydrogen (secondary N) is 1. The van der Waals surface area contributed by atoms with Gasteiger partial charge in [0.1, 0.15) is 0 Å². The Morgan fingerprint density at radius 3 is 2.65 bits per heavy atom. The predicted molar refractivity (Wildman–Crippen MR) is 81.9 cm³/mol. The van der Waals surface area contributed by atoms with Crippen molar-refractivity contribution in [2.24, 2.45) is 0 Å². The van der Waals surface area contributed by atoms with Gasteiger partial charge in [0.05, 0.1) is 18.1 Å². The number of methoxy groups -OCH3 is 1. The van der Waals surface area contributed by atoms with Crippen LogP contribution >= 0.6 is 0 Å². The quantitative estimate of drug-likeness (QED) is 0.678. The fourth-order valence-electron chi connectivity index (χ4n) is 2.08. The van der Waals surface area contributed by atoms with Gasteiger partial charge in [-0.05, 0) is 30.7 Å². The number of carbonyl (C=O) groups is 1. The number of nitro groups is 1. The van der Waals surface area contributed by atoms with E-state index in [1.807, 2.05) is 0 Å². The monoisotopic (exact) mass is 318 g/mol. The number of hydrogen-bond donors (Lipinski definition) is 1. The molecule has 0 heterocycles. The number of non-ortho nitro benzene ring substituents is 1. The van der Waals surface area contributed by atoms with E-state index in [-0.39, 0.29) is 17.0 Å². The van der Waals surface area contributed by atoms with Crippen molar-refractivity contribution in [3.63, 3.8) is 0 Å². The standard InChI is InChI=1S/C16H15FN2O4/c1-10(11-6-7-15(23-2)14(17)9-11)18-16(20)12-4-3-5-13(8-12)19(21)22/h3-10H,1-2H3,(H,18,20). The first kappa shape index (κ1) is 16.4. The number of halogens is 1. The lowest BCUT2D eigenvalue weighted by Crippen LogP contribution is -2.26. The predicted octanol–water partition coefficient (Wildman–Crippen LogP) is 3.23. The molecule has 2 aromatic rings. The summed E-state index contributed by atoms with van der Waals surface area (Å²) in [6.07, 6.45) is 0. The van der Waals surface area contributed by atoms with Crippen LogP contribution in [0.3, 0.4) is 0 Å². The van der Waals surface area contributed by atoms with E-state index in [1.54, 1.807) is 13.0 Å². The molecule has 0 radical (unpaired) electrons. The van der Waals surface area contributed by atoms with Crippen molar-refractivity contribution in [1.29, 1.82) is 0 Å². The summed E-state index contributed by atoms with van der Waals surface area (Å²) in [4.78, 5) is 22.3. The molecular formula is C16H15FN2O4. The Morgan fingerprint density at radius 1 is 1.30 bits per heavy atom. The summed E-state index contributed by atoms with van der Waals surface area (Å²) in [6, 6.07) is 9.32. The van der Waals surface area contributed by atoms with Gasteiger partial charge in [-0.1, -0.05) is 12.1 Å². The van der Waals surface area contributed by atoms with Gasteiger partial charge in [0, 0.05) is 17.7 Å². The van der Waals surface area contributed by atoms with Gasteiger partial charge in [-0.15, -0.1) is 0 Å². The van der Waals surface area contributed by atoms with Gasteiger partial charge in [0.25, 0.3) is 11.6 Å². The molecule has 0 aliphatic carbocycles. The molecule has 2 aromatic carbocycles. The summed E-state index contributed by atoms with van der Waals surface area (Å²) >= 11 is 0. The molecule has 1 amide bonds. The summed E-state index contributed by atoms with van der Waals surface area (Å²) in [5, 5.41) is 13.4. The average Bonchev–Trinajstić information content (AvgIpc) is 2.54. The molecule has 1 atom stereocenters. The molecular weight excluding hydrogens is 303 g/mol. The Hall–Kier alpha value is -2.96. The highest BCUT2D eigenvalue weighted by molar-refractivity contribution is 5.95. The van der Waals surface area contributed by atoms with Crippen molar-refractivity contribution in [2.45, 2.75) is 13.0 Å². The van der Waals surface area contributed by atoms with Gasteiger partial charge in [-0.2, -0.15) is 0 Å². The number of nitrogens with zero attached hydrogens (tertiary/aromatic N) is 1. The number of benzene rings is 2. The first-order chi connectivity index (χ1) is 10.9. The molecule has 0 saturated carbocycles. The Balaban J connectivity index is 2.15. The van der Waals surface area contributed by atoms with E-state index < -0.39 is 22.7 Å². The lowest BCUT2D eigenvalue weighted by atomic mass is 10.1. The number of ether oxygens (including phenoxy) is 1. The van der Waals surface area contributed by atoms with Crippen LogP contribution in [0.1, 0.15) is 28.9 Å². The van der Waals surface area contributed by atoms with Gasteiger partial charge >= 0.3 is 0 Å². The van der Waals surface area contributed by atoms with Crippen molar-refractivity contribution < 1.29 is 18.8 Å². The minimum atomic E-state index is -0.570. The van der Waals surface area contributed by atoms with Crippen molar-refractivity contribution in [1.82, 2.24) is 5.32 Å². The molecule has 0 saturated heterocycles. The van der Waals surface area contributed by atoms with Gasteiger partial charge in [-0.25, -0.2) is 4.39 Å². The zero-order valence-electron chi connectivity index (χ0n) is 12.6. The minimum Gasteiger partial charge on any atom is -0.494 e. The molecule has 0 aliphatic heterocycles. The number of amides is 1. The maximum atomic E-state index is 13.7. The number of rotatable bonds is 5. The largest absolute Gasteiger partial charge is 0.494 e. The number of carbonyl (C=O) groups excluding carboxylic acids is 1. The van der Waals surface area contributed by atoms with Crippen molar-refractivity contribution in [3.8, 4) is 5.75 Å². The van der Waals surface area contributed by atoms with Crippen LogP contribution in [0.25, 0.3) is 0 Å². The third-order valence-corrected chi connectivity index (χ3v) is 3.34. The summed E-state index contributed by atoms with van der Waals surface area (Å²) in [5.74, 6) is -0.884. The van der Waals surface area contributed by atoms with Crippen LogP contribution in [0.4, 0.5) is 10.1 Å². The highest BCUT2D eigenvalue weighted by atomic mass is 19.1. The van der Waals surface area contributed by atoms with Crippen LogP contribution in [-0.2, 0) is 0 Å². The Bertz CT molecular complexity index is 749. The molecule has 7 heteroatoms. The van der Waals surface area contributed by atoms with Crippen molar-refractivity contribution >= 4 is 11.6 Å². The Kier molecular flexibility index (Phi) is 4.90. The van der Waals surface area contributed by atoms with Crippen LogP contribution in [0.2, 0.25) is 0 Å². The molecule has 23 heavy (non-hydrogen) atoms. The van der Waals surface area contributed by atoms with E-state index in [1.165, 1.54) is 43.5 Å². The van der Waals surface area contributed by atoms with Crippen LogP contribution in [0.15, 0.2) is 42.5 Å². The topological polar surface area (TPSA) is 81.5 Å². The highest BCUT2D eigenvalue weighted by Crippen LogP contribution is 2.22. The average molecular weight is 318 g/mol. The molecule has 0 aromatic heterocycles. The summed E-state index contributed by atoms with van der Waals surface area (Å²) in [5.41, 5.74) is 0.558. The molecule has 120 valence electrons. The van der Waals surface area contributed by atoms with E-state index >= 15 is 0 Å². The van der Waals surface area contributed by atoms with Crippen LogP contribution in [0.5, 0.6) is 5.75 Å². The first-order valence-electron chi connectivity index (χ1n) is 6.81. The third kappa shape index (κ3) is 3.82. The van der Waals surface area contributed by atoms with Gasteiger partial charge in [0.2, 0.25) is 0 Å². The van der Waals surface area contributed by atoms with E-state index in [0.29, 0.717) is 5.56 Å². The smallest absolute Gasteiger partial charge is 0.270 e. The molecule has 0 aliphatic rings. The highest BCUT2D eigenvalue weighted by Gasteiger charge is 2.15. The summed E-state index contributed by atoms with van der Waals surface area (Å²) in [6.45, 7) is 1.69. The Morgan fingerprint density at radius 2 is 2.04 bits per heavy atom. The second-order valence-electron chi connectivity index (χ2n) is 4.90. The van der Waals surface area contributed by atoms with Gasteiger partial charge < -0.3 is 10.1 Å². The summed E-state index contributed by atoms with van der Waals surface area (Å²) in [7, 11) is 1.37. The maximum Gasteiger partial charge on any atom is 0.270 e. The molecule has 6 nitrogen and oxygen atoms in total. The van der Waals surface area contributed by atoms with E-state index in [9.17, 15) is 19.3 Å². The lowest BCUT2D eigenvalue weighted by Gasteiger charge is -2.15.